The molecule has 0 radical (unpaired) electrons. The number of likely N-dealkylation sites (tertiary alicyclic amines) is 1. The lowest BCUT2D eigenvalue weighted by Gasteiger charge is -2.19. The van der Waals surface area contributed by atoms with Gasteiger partial charge in [0, 0.05) is 10.9 Å². The van der Waals surface area contributed by atoms with Crippen molar-refractivity contribution in [3.63, 3.8) is 0 Å². The maximum atomic E-state index is 12.5. The van der Waals surface area contributed by atoms with Gasteiger partial charge in [0.05, 0.1) is 31.7 Å². The fourth-order valence-corrected chi connectivity index (χ4v) is 4.88. The average molecular weight is 429 g/mol. The maximum Gasteiger partial charge on any atom is 0.246 e. The third-order valence-electron chi connectivity index (χ3n) is 5.66. The molecule has 9 heteroatoms. The van der Waals surface area contributed by atoms with Crippen LogP contribution in [-0.2, 0) is 14.4 Å². The lowest BCUT2D eigenvalue weighted by atomic mass is 9.81. The maximum absolute atomic E-state index is 12.5. The van der Waals surface area contributed by atoms with Crippen molar-refractivity contribution < 1.29 is 23.9 Å². The first kappa shape index (κ1) is 20.3. The first-order valence-corrected chi connectivity index (χ1v) is 10.7. The number of fused-ring (bicyclic) bond motifs is 1. The number of aromatic nitrogens is 1. The fourth-order valence-electron chi connectivity index (χ4n) is 4.15. The number of hydrogen-bond acceptors (Lipinski definition) is 7. The van der Waals surface area contributed by atoms with Gasteiger partial charge in [-0.1, -0.05) is 12.8 Å². The van der Waals surface area contributed by atoms with Crippen LogP contribution in [-0.4, -0.2) is 48.4 Å². The molecule has 2 fully saturated rings. The third-order valence-corrected chi connectivity index (χ3v) is 6.42. The highest BCUT2D eigenvalue weighted by molar-refractivity contribution is 7.14. The minimum Gasteiger partial charge on any atom is -0.493 e. The second-order valence-electron chi connectivity index (χ2n) is 7.42. The molecule has 1 saturated heterocycles. The molecule has 0 bridgehead atoms. The van der Waals surface area contributed by atoms with Crippen LogP contribution in [0.5, 0.6) is 11.5 Å². The quantitative estimate of drug-likeness (QED) is 0.709. The Labute approximate surface area is 178 Å². The van der Waals surface area contributed by atoms with Crippen molar-refractivity contribution in [2.24, 2.45) is 11.8 Å². The van der Waals surface area contributed by atoms with Crippen LogP contribution >= 0.6 is 11.3 Å². The normalized spacial score (nSPS) is 20.8. The van der Waals surface area contributed by atoms with Gasteiger partial charge in [0.1, 0.15) is 6.54 Å². The van der Waals surface area contributed by atoms with E-state index in [4.69, 9.17) is 9.47 Å². The van der Waals surface area contributed by atoms with Crippen LogP contribution in [0.1, 0.15) is 25.7 Å². The highest BCUT2D eigenvalue weighted by atomic mass is 32.1. The minimum atomic E-state index is -0.427. The first-order chi connectivity index (χ1) is 14.5. The van der Waals surface area contributed by atoms with Gasteiger partial charge in [-0.05, 0) is 31.0 Å². The summed E-state index contributed by atoms with van der Waals surface area (Å²) in [4.78, 5) is 43.1. The number of rotatable bonds is 6. The standard InChI is InChI=1S/C21H23N3O5S/c1-28-16-8-7-12(9-17(16)29-2)15-11-30-21(22-15)23-18(25)10-24-19(26)13-5-3-4-6-14(13)20(24)27/h7-9,11,13-14H,3-6,10H2,1-2H3,(H,22,23,25)/t13-,14+. The molecule has 0 spiro atoms. The van der Waals surface area contributed by atoms with Crippen molar-refractivity contribution in [3.8, 4) is 22.8 Å². The predicted octanol–water partition coefficient (Wildman–Crippen LogP) is 2.94. The summed E-state index contributed by atoms with van der Waals surface area (Å²) in [5.41, 5.74) is 1.49. The molecular formula is C21H23N3O5S. The molecule has 1 aromatic carbocycles. The number of anilines is 1. The van der Waals surface area contributed by atoms with Gasteiger partial charge in [0.25, 0.3) is 0 Å². The smallest absolute Gasteiger partial charge is 0.246 e. The van der Waals surface area contributed by atoms with Gasteiger partial charge in [-0.25, -0.2) is 4.98 Å². The fraction of sp³-hybridized carbons (Fsp3) is 0.429. The molecule has 1 aromatic heterocycles. The molecule has 2 aliphatic rings. The number of carbonyl (C=O) groups excluding carboxylic acids is 3. The number of nitrogens with one attached hydrogen (secondary N) is 1. The van der Waals surface area contributed by atoms with E-state index in [1.165, 1.54) is 11.3 Å². The van der Waals surface area contributed by atoms with Crippen molar-refractivity contribution in [2.45, 2.75) is 25.7 Å². The number of ether oxygens (including phenoxy) is 2. The lowest BCUT2D eigenvalue weighted by molar-refractivity contribution is -0.142. The van der Waals surface area contributed by atoms with Crippen LogP contribution in [0.2, 0.25) is 0 Å². The Kier molecular flexibility index (Phi) is 5.72. The molecule has 1 aliphatic heterocycles. The van der Waals surface area contributed by atoms with E-state index < -0.39 is 5.91 Å². The molecule has 3 amide bonds. The third kappa shape index (κ3) is 3.77. The summed E-state index contributed by atoms with van der Waals surface area (Å²) < 4.78 is 10.6. The number of hydrogen-bond donors (Lipinski definition) is 1. The summed E-state index contributed by atoms with van der Waals surface area (Å²) in [6.45, 7) is -0.268. The first-order valence-electron chi connectivity index (χ1n) is 9.85. The molecule has 1 saturated carbocycles. The zero-order valence-electron chi connectivity index (χ0n) is 16.8. The zero-order valence-corrected chi connectivity index (χ0v) is 17.7. The molecule has 4 rings (SSSR count). The van der Waals surface area contributed by atoms with Crippen LogP contribution in [0.3, 0.4) is 0 Å². The van der Waals surface area contributed by atoms with E-state index in [2.05, 4.69) is 10.3 Å². The summed E-state index contributed by atoms with van der Waals surface area (Å²) in [5.74, 6) is -0.170. The summed E-state index contributed by atoms with van der Waals surface area (Å²) in [7, 11) is 3.13. The van der Waals surface area contributed by atoms with Crippen LogP contribution < -0.4 is 14.8 Å². The van der Waals surface area contributed by atoms with E-state index >= 15 is 0 Å². The molecule has 1 aliphatic carbocycles. The molecule has 0 unspecified atom stereocenters. The Bertz CT molecular complexity index is 965. The number of imide groups is 1. The molecule has 2 heterocycles. The van der Waals surface area contributed by atoms with Crippen LogP contribution in [0, 0.1) is 11.8 Å². The summed E-state index contributed by atoms with van der Waals surface area (Å²) in [6.07, 6.45) is 3.37. The molecule has 158 valence electrons. The largest absolute Gasteiger partial charge is 0.493 e. The summed E-state index contributed by atoms with van der Waals surface area (Å²) in [6, 6.07) is 5.45. The number of carbonyl (C=O) groups is 3. The van der Waals surface area contributed by atoms with Crippen molar-refractivity contribution in [1.29, 1.82) is 0 Å². The predicted molar refractivity (Wildman–Crippen MR) is 111 cm³/mol. The Morgan fingerprint density at radius 3 is 2.43 bits per heavy atom. The van der Waals surface area contributed by atoms with Crippen LogP contribution in [0.15, 0.2) is 23.6 Å². The van der Waals surface area contributed by atoms with E-state index in [1.54, 1.807) is 20.3 Å². The zero-order chi connectivity index (χ0) is 21.3. The van der Waals surface area contributed by atoms with Gasteiger partial charge < -0.3 is 14.8 Å². The molecule has 8 nitrogen and oxygen atoms in total. The monoisotopic (exact) mass is 429 g/mol. The average Bonchev–Trinajstić information content (AvgIpc) is 3.32. The molecule has 1 N–H and O–H groups in total. The highest BCUT2D eigenvalue weighted by Crippen LogP contribution is 2.38. The van der Waals surface area contributed by atoms with Crippen molar-refractivity contribution >= 4 is 34.2 Å². The highest BCUT2D eigenvalue weighted by Gasteiger charge is 2.48. The molecular weight excluding hydrogens is 406 g/mol. The van der Waals surface area contributed by atoms with Crippen molar-refractivity contribution in [2.75, 3.05) is 26.1 Å². The Hall–Kier alpha value is -2.94. The Balaban J connectivity index is 1.42. The number of nitrogens with zero attached hydrogens (tertiary/aromatic N) is 2. The summed E-state index contributed by atoms with van der Waals surface area (Å²) in [5, 5.41) is 4.92. The van der Waals surface area contributed by atoms with Gasteiger partial charge in [-0.2, -0.15) is 0 Å². The van der Waals surface area contributed by atoms with Gasteiger partial charge >= 0.3 is 0 Å². The van der Waals surface area contributed by atoms with E-state index in [-0.39, 0.29) is 30.2 Å². The van der Waals surface area contributed by atoms with Gasteiger partial charge in [0.2, 0.25) is 17.7 Å². The molecule has 2 aromatic rings. The minimum absolute atomic E-state index is 0.218. The molecule has 2 atom stereocenters. The van der Waals surface area contributed by atoms with Gasteiger partial charge in [-0.15, -0.1) is 11.3 Å². The Morgan fingerprint density at radius 2 is 1.80 bits per heavy atom. The van der Waals surface area contributed by atoms with E-state index in [9.17, 15) is 14.4 Å². The lowest BCUT2D eigenvalue weighted by Crippen LogP contribution is -2.38. The van der Waals surface area contributed by atoms with Crippen LogP contribution in [0.25, 0.3) is 11.3 Å². The van der Waals surface area contributed by atoms with E-state index in [0.717, 1.165) is 36.1 Å². The van der Waals surface area contributed by atoms with Crippen molar-refractivity contribution in [3.05, 3.63) is 23.6 Å². The summed E-state index contributed by atoms with van der Waals surface area (Å²) >= 11 is 1.27. The Morgan fingerprint density at radius 1 is 1.13 bits per heavy atom. The van der Waals surface area contributed by atoms with Gasteiger partial charge in [-0.3, -0.25) is 19.3 Å². The van der Waals surface area contributed by atoms with Crippen LogP contribution in [0.4, 0.5) is 5.13 Å². The second kappa shape index (κ2) is 8.43. The van der Waals surface area contributed by atoms with Gasteiger partial charge in [0.15, 0.2) is 16.6 Å². The molecule has 30 heavy (non-hydrogen) atoms. The number of benzene rings is 1. The van der Waals surface area contributed by atoms with Crippen molar-refractivity contribution in [1.82, 2.24) is 9.88 Å². The SMILES string of the molecule is COc1ccc(-c2csc(NC(=O)CN3C(=O)[C@H]4CCCC[C@H]4C3=O)n2)cc1OC. The topological polar surface area (TPSA) is 97.8 Å². The second-order valence-corrected chi connectivity index (χ2v) is 8.27. The number of methoxy groups -OCH3 is 2. The number of amides is 3. The number of thiazole rings is 1. The van der Waals surface area contributed by atoms with E-state index in [1.807, 2.05) is 17.5 Å². The van der Waals surface area contributed by atoms with E-state index in [0.29, 0.717) is 22.3 Å².